The van der Waals surface area contributed by atoms with E-state index in [1.165, 1.54) is 18.2 Å². The SMILES string of the molecule is CC1CCN(C2=C(S(=O)(=O)Nc3cccc(Cl)c3)C(=O)c3ccccc3C2=O)CC1. The molecule has 2 aromatic carbocycles. The Morgan fingerprint density at radius 1 is 0.967 bits per heavy atom. The topological polar surface area (TPSA) is 83.6 Å². The Hall–Kier alpha value is -2.64. The van der Waals surface area contributed by atoms with Gasteiger partial charge in [0.1, 0.15) is 5.70 Å². The van der Waals surface area contributed by atoms with Crippen molar-refractivity contribution in [2.45, 2.75) is 19.8 Å². The highest BCUT2D eigenvalue weighted by Crippen LogP contribution is 2.34. The van der Waals surface area contributed by atoms with E-state index < -0.39 is 26.5 Å². The summed E-state index contributed by atoms with van der Waals surface area (Å²) in [4.78, 5) is 27.9. The first-order valence-electron chi connectivity index (χ1n) is 9.74. The van der Waals surface area contributed by atoms with Crippen molar-refractivity contribution in [3.63, 3.8) is 0 Å². The van der Waals surface area contributed by atoms with Crippen LogP contribution in [0.15, 0.2) is 59.1 Å². The highest BCUT2D eigenvalue weighted by molar-refractivity contribution is 7.97. The number of carbonyl (C=O) groups is 2. The molecule has 0 saturated carbocycles. The van der Waals surface area contributed by atoms with E-state index in [0.717, 1.165) is 12.8 Å². The van der Waals surface area contributed by atoms with Crippen molar-refractivity contribution in [2.24, 2.45) is 5.92 Å². The van der Waals surface area contributed by atoms with Crippen LogP contribution in [-0.4, -0.2) is 38.0 Å². The van der Waals surface area contributed by atoms with Crippen LogP contribution >= 0.6 is 11.6 Å². The third-order valence-corrected chi connectivity index (χ3v) is 7.15. The number of hydrogen-bond acceptors (Lipinski definition) is 5. The lowest BCUT2D eigenvalue weighted by atomic mass is 9.90. The van der Waals surface area contributed by atoms with Crippen LogP contribution in [0.25, 0.3) is 0 Å². The first-order valence-corrected chi connectivity index (χ1v) is 11.6. The molecule has 0 unspecified atom stereocenters. The number of sulfonamides is 1. The van der Waals surface area contributed by atoms with Gasteiger partial charge in [-0.05, 0) is 37.0 Å². The van der Waals surface area contributed by atoms with E-state index in [1.54, 1.807) is 35.2 Å². The molecule has 1 N–H and O–H groups in total. The van der Waals surface area contributed by atoms with Gasteiger partial charge in [-0.2, -0.15) is 0 Å². The van der Waals surface area contributed by atoms with E-state index in [1.807, 2.05) is 0 Å². The predicted molar refractivity (Wildman–Crippen MR) is 116 cm³/mol. The minimum Gasteiger partial charge on any atom is -0.367 e. The second kappa shape index (κ2) is 7.89. The maximum atomic E-state index is 13.3. The van der Waals surface area contributed by atoms with E-state index in [9.17, 15) is 18.0 Å². The fourth-order valence-corrected chi connectivity index (χ4v) is 5.43. The lowest BCUT2D eigenvalue weighted by molar-refractivity contribution is 0.0933. The Morgan fingerprint density at radius 2 is 1.60 bits per heavy atom. The number of fused-ring (bicyclic) bond motifs is 1. The molecule has 156 valence electrons. The maximum Gasteiger partial charge on any atom is 0.268 e. The first kappa shape index (κ1) is 20.6. The van der Waals surface area contributed by atoms with E-state index in [4.69, 9.17) is 11.6 Å². The molecular weight excluding hydrogens is 424 g/mol. The van der Waals surface area contributed by atoms with E-state index in [0.29, 0.717) is 24.0 Å². The molecule has 1 fully saturated rings. The van der Waals surface area contributed by atoms with Crippen LogP contribution in [0.3, 0.4) is 0 Å². The summed E-state index contributed by atoms with van der Waals surface area (Å²) in [5.41, 5.74) is 0.516. The van der Waals surface area contributed by atoms with Crippen molar-refractivity contribution in [2.75, 3.05) is 17.8 Å². The number of ketones is 2. The number of nitrogens with zero attached hydrogens (tertiary/aromatic N) is 1. The van der Waals surface area contributed by atoms with Gasteiger partial charge in [-0.15, -0.1) is 0 Å². The van der Waals surface area contributed by atoms with Crippen molar-refractivity contribution in [1.29, 1.82) is 0 Å². The molecule has 2 aliphatic rings. The monoisotopic (exact) mass is 444 g/mol. The van der Waals surface area contributed by atoms with Crippen LogP contribution in [-0.2, 0) is 10.0 Å². The predicted octanol–water partition coefficient (Wildman–Crippen LogP) is 4.10. The molecule has 0 bridgehead atoms. The third kappa shape index (κ3) is 3.75. The molecule has 0 aromatic heterocycles. The molecule has 0 amide bonds. The largest absolute Gasteiger partial charge is 0.367 e. The number of carbonyl (C=O) groups excluding carboxylic acids is 2. The van der Waals surface area contributed by atoms with Crippen LogP contribution in [0, 0.1) is 5.92 Å². The van der Waals surface area contributed by atoms with Gasteiger partial charge in [0.2, 0.25) is 11.6 Å². The minimum absolute atomic E-state index is 0.0415. The van der Waals surface area contributed by atoms with Gasteiger partial charge in [0.15, 0.2) is 4.91 Å². The Bertz CT molecular complexity index is 1170. The van der Waals surface area contributed by atoms with Crippen LogP contribution in [0.1, 0.15) is 40.5 Å². The normalized spacial score (nSPS) is 17.9. The quantitative estimate of drug-likeness (QED) is 0.767. The van der Waals surface area contributed by atoms with Gasteiger partial charge in [-0.1, -0.05) is 48.9 Å². The molecule has 8 heteroatoms. The molecule has 0 radical (unpaired) electrons. The summed E-state index contributed by atoms with van der Waals surface area (Å²) >= 11 is 5.97. The zero-order chi connectivity index (χ0) is 21.5. The average Bonchev–Trinajstić information content (AvgIpc) is 2.71. The minimum atomic E-state index is -4.33. The maximum absolute atomic E-state index is 13.3. The summed E-state index contributed by atoms with van der Waals surface area (Å²) in [5, 5.41) is 0.353. The Balaban J connectivity index is 1.85. The molecule has 4 rings (SSSR count). The van der Waals surface area contributed by atoms with Gasteiger partial charge < -0.3 is 4.90 Å². The average molecular weight is 445 g/mol. The highest BCUT2D eigenvalue weighted by atomic mass is 35.5. The van der Waals surface area contributed by atoms with Crippen LogP contribution < -0.4 is 4.72 Å². The molecule has 1 aliphatic carbocycles. The summed E-state index contributed by atoms with van der Waals surface area (Å²) in [5.74, 6) is -0.632. The number of rotatable bonds is 4. The highest BCUT2D eigenvalue weighted by Gasteiger charge is 2.42. The summed E-state index contributed by atoms with van der Waals surface area (Å²) in [6, 6.07) is 12.5. The number of anilines is 1. The standard InChI is InChI=1S/C22H21ClN2O4S/c1-14-9-11-25(12-10-14)19-20(26)17-7-2-3-8-18(17)21(27)22(19)30(28,29)24-16-6-4-5-15(23)13-16/h2-8,13-14,24H,9-12H2,1H3. The summed E-state index contributed by atoms with van der Waals surface area (Å²) in [7, 11) is -4.33. The van der Waals surface area contributed by atoms with Crippen LogP contribution in [0.4, 0.5) is 5.69 Å². The van der Waals surface area contributed by atoms with Crippen molar-refractivity contribution in [3.8, 4) is 0 Å². The van der Waals surface area contributed by atoms with Gasteiger partial charge in [0.05, 0.1) is 5.69 Å². The second-order valence-corrected chi connectivity index (χ2v) is 9.72. The second-order valence-electron chi connectivity index (χ2n) is 7.67. The van der Waals surface area contributed by atoms with Gasteiger partial charge >= 0.3 is 0 Å². The number of benzene rings is 2. The number of likely N-dealkylation sites (tertiary alicyclic amines) is 1. The number of Topliss-reactive ketones (excluding diaryl/α,β-unsaturated/α-hetero) is 2. The van der Waals surface area contributed by atoms with E-state index >= 15 is 0 Å². The lowest BCUT2D eigenvalue weighted by Gasteiger charge is -2.35. The molecule has 1 heterocycles. The molecule has 0 spiro atoms. The van der Waals surface area contributed by atoms with Gasteiger partial charge in [0.25, 0.3) is 10.0 Å². The fourth-order valence-electron chi connectivity index (χ4n) is 3.87. The molecular formula is C22H21ClN2O4S. The molecule has 1 saturated heterocycles. The van der Waals surface area contributed by atoms with E-state index in [-0.39, 0.29) is 22.5 Å². The zero-order valence-electron chi connectivity index (χ0n) is 16.4. The van der Waals surface area contributed by atoms with Crippen LogP contribution in [0.2, 0.25) is 5.02 Å². The number of allylic oxidation sites excluding steroid dienone is 2. The fraction of sp³-hybridized carbons (Fsp3) is 0.273. The molecule has 0 atom stereocenters. The number of nitrogens with one attached hydrogen (secondary N) is 1. The first-order chi connectivity index (χ1) is 14.3. The van der Waals surface area contributed by atoms with Crippen molar-refractivity contribution >= 4 is 38.9 Å². The summed E-state index contributed by atoms with van der Waals surface area (Å²) in [6.07, 6.45) is 1.64. The van der Waals surface area contributed by atoms with Crippen LogP contribution in [0.5, 0.6) is 0 Å². The number of piperidine rings is 1. The summed E-state index contributed by atoms with van der Waals surface area (Å²) < 4.78 is 29.1. The van der Waals surface area contributed by atoms with Crippen molar-refractivity contribution < 1.29 is 18.0 Å². The van der Waals surface area contributed by atoms with Crippen molar-refractivity contribution in [1.82, 2.24) is 4.90 Å². The number of halogens is 1. The van der Waals surface area contributed by atoms with Gasteiger partial charge in [-0.25, -0.2) is 8.42 Å². The van der Waals surface area contributed by atoms with E-state index in [2.05, 4.69) is 11.6 Å². The van der Waals surface area contributed by atoms with Gasteiger partial charge in [-0.3, -0.25) is 14.3 Å². The van der Waals surface area contributed by atoms with Crippen molar-refractivity contribution in [3.05, 3.63) is 75.3 Å². The molecule has 2 aromatic rings. The molecule has 1 aliphatic heterocycles. The zero-order valence-corrected chi connectivity index (χ0v) is 18.0. The molecule has 30 heavy (non-hydrogen) atoms. The summed E-state index contributed by atoms with van der Waals surface area (Å²) in [6.45, 7) is 3.16. The molecule has 6 nitrogen and oxygen atoms in total. The smallest absolute Gasteiger partial charge is 0.268 e. The lowest BCUT2D eigenvalue weighted by Crippen LogP contribution is -2.41. The Labute approximate surface area is 180 Å². The Morgan fingerprint density at radius 3 is 2.23 bits per heavy atom. The number of hydrogen-bond donors (Lipinski definition) is 1. The Kier molecular flexibility index (Phi) is 5.42. The van der Waals surface area contributed by atoms with Gasteiger partial charge in [0, 0.05) is 29.2 Å². The third-order valence-electron chi connectivity index (χ3n) is 5.50.